The third-order valence-corrected chi connectivity index (χ3v) is 3.45. The van der Waals surface area contributed by atoms with Gasteiger partial charge in [0, 0.05) is 24.4 Å². The van der Waals surface area contributed by atoms with Gasteiger partial charge in [0.15, 0.2) is 0 Å². The fourth-order valence-corrected chi connectivity index (χ4v) is 2.30. The number of nitrogens with one attached hydrogen (secondary N) is 2. The van der Waals surface area contributed by atoms with E-state index >= 15 is 0 Å². The molecule has 20 heavy (non-hydrogen) atoms. The summed E-state index contributed by atoms with van der Waals surface area (Å²) in [6.45, 7) is 3.79. The largest absolute Gasteiger partial charge is 0.354 e. The summed E-state index contributed by atoms with van der Waals surface area (Å²) in [6.07, 6.45) is 1.63. The van der Waals surface area contributed by atoms with Crippen molar-refractivity contribution in [3.8, 4) is 0 Å². The van der Waals surface area contributed by atoms with Crippen molar-refractivity contribution in [1.29, 1.82) is 0 Å². The molecule has 0 bridgehead atoms. The van der Waals surface area contributed by atoms with Crippen LogP contribution in [-0.4, -0.2) is 26.9 Å². The number of hydrogen-bond acceptors (Lipinski definition) is 3. The highest BCUT2D eigenvalue weighted by Gasteiger charge is 2.07. The lowest BCUT2D eigenvalue weighted by Gasteiger charge is -2.08. The minimum Gasteiger partial charge on any atom is -0.354 e. The van der Waals surface area contributed by atoms with Gasteiger partial charge in [-0.1, -0.05) is 30.3 Å². The van der Waals surface area contributed by atoms with Crippen molar-refractivity contribution in [2.75, 3.05) is 6.54 Å². The second kappa shape index (κ2) is 7.81. The van der Waals surface area contributed by atoms with Gasteiger partial charge in [-0.25, -0.2) is 13.1 Å². The van der Waals surface area contributed by atoms with Crippen LogP contribution in [0.4, 0.5) is 0 Å². The molecular weight excluding hydrogens is 276 g/mol. The fourth-order valence-electron chi connectivity index (χ4n) is 1.48. The third-order valence-electron chi connectivity index (χ3n) is 2.34. The summed E-state index contributed by atoms with van der Waals surface area (Å²) in [5.74, 6) is -0.172. The molecule has 6 heteroatoms. The first-order valence-corrected chi connectivity index (χ1v) is 7.96. The van der Waals surface area contributed by atoms with Gasteiger partial charge in [-0.2, -0.15) is 0 Å². The summed E-state index contributed by atoms with van der Waals surface area (Å²) < 4.78 is 25.7. The van der Waals surface area contributed by atoms with Crippen LogP contribution in [0.2, 0.25) is 0 Å². The maximum Gasteiger partial charge on any atom is 0.233 e. The van der Waals surface area contributed by atoms with Crippen LogP contribution in [0.25, 0.3) is 6.08 Å². The summed E-state index contributed by atoms with van der Waals surface area (Å²) >= 11 is 0. The molecule has 0 aliphatic rings. The van der Waals surface area contributed by atoms with E-state index in [0.717, 1.165) is 11.0 Å². The molecule has 0 aliphatic heterocycles. The van der Waals surface area contributed by atoms with Crippen LogP contribution in [0.5, 0.6) is 0 Å². The minimum absolute atomic E-state index is 0.0529. The Hall–Kier alpha value is -1.66. The molecule has 0 atom stereocenters. The van der Waals surface area contributed by atoms with Crippen molar-refractivity contribution in [3.63, 3.8) is 0 Å². The molecule has 0 saturated heterocycles. The monoisotopic (exact) mass is 296 g/mol. The van der Waals surface area contributed by atoms with Gasteiger partial charge >= 0.3 is 0 Å². The topological polar surface area (TPSA) is 75.3 Å². The molecule has 0 unspecified atom stereocenters. The number of hydrogen-bond donors (Lipinski definition) is 2. The van der Waals surface area contributed by atoms with E-state index in [2.05, 4.69) is 10.0 Å². The van der Waals surface area contributed by atoms with Crippen LogP contribution < -0.4 is 10.0 Å². The Bertz CT molecular complexity index is 551. The zero-order valence-electron chi connectivity index (χ0n) is 11.7. The lowest BCUT2D eigenvalue weighted by molar-refractivity contribution is -0.121. The molecule has 0 radical (unpaired) electrons. The molecule has 1 aromatic carbocycles. The predicted octanol–water partition coefficient (Wildman–Crippen LogP) is 1.49. The van der Waals surface area contributed by atoms with Gasteiger partial charge in [0.25, 0.3) is 0 Å². The summed E-state index contributed by atoms with van der Waals surface area (Å²) in [6, 6.07) is 9.19. The lowest BCUT2D eigenvalue weighted by Crippen LogP contribution is -2.33. The lowest BCUT2D eigenvalue weighted by atomic mass is 10.2. The van der Waals surface area contributed by atoms with Crippen LogP contribution in [0.3, 0.4) is 0 Å². The van der Waals surface area contributed by atoms with Gasteiger partial charge in [0.05, 0.1) is 0 Å². The molecule has 1 rings (SSSR count). The molecule has 5 nitrogen and oxygen atoms in total. The van der Waals surface area contributed by atoms with E-state index < -0.39 is 10.0 Å². The maximum absolute atomic E-state index is 11.7. The molecule has 110 valence electrons. The van der Waals surface area contributed by atoms with Crippen LogP contribution in [0.15, 0.2) is 35.7 Å². The maximum atomic E-state index is 11.7. The van der Waals surface area contributed by atoms with E-state index in [1.54, 1.807) is 0 Å². The molecule has 0 saturated carbocycles. The smallest absolute Gasteiger partial charge is 0.233 e. The summed E-state index contributed by atoms with van der Waals surface area (Å²) in [7, 11) is -3.51. The number of carbonyl (C=O) groups excluding carboxylic acids is 1. The number of rotatable bonds is 7. The van der Waals surface area contributed by atoms with E-state index in [0.29, 0.717) is 0 Å². The number of amides is 1. The Balaban J connectivity index is 2.43. The van der Waals surface area contributed by atoms with E-state index in [4.69, 9.17) is 0 Å². The Morgan fingerprint density at radius 1 is 1.25 bits per heavy atom. The highest BCUT2D eigenvalue weighted by Crippen LogP contribution is 2.02. The van der Waals surface area contributed by atoms with Crippen molar-refractivity contribution >= 4 is 22.0 Å². The number of carbonyl (C=O) groups is 1. The fraction of sp³-hybridized carbons (Fsp3) is 0.357. The molecule has 2 N–H and O–H groups in total. The van der Waals surface area contributed by atoms with Crippen molar-refractivity contribution in [3.05, 3.63) is 41.3 Å². The zero-order valence-corrected chi connectivity index (χ0v) is 12.5. The first kappa shape index (κ1) is 16.4. The molecule has 0 aromatic heterocycles. The average Bonchev–Trinajstić information content (AvgIpc) is 2.36. The van der Waals surface area contributed by atoms with Gasteiger partial charge in [0.1, 0.15) is 0 Å². The molecule has 1 aromatic rings. The first-order chi connectivity index (χ1) is 9.39. The molecule has 0 heterocycles. The second-order valence-corrected chi connectivity index (χ2v) is 6.28. The standard InChI is InChI=1S/C14H20N2O3S/c1-12(2)16-14(17)8-10-15-20(18,19)11-9-13-6-4-3-5-7-13/h3-7,9,11-12,15H,8,10H2,1-2H3,(H,16,17)/b11-9+. The van der Waals surface area contributed by atoms with Gasteiger partial charge in [-0.3, -0.25) is 4.79 Å². The van der Waals surface area contributed by atoms with Crippen molar-refractivity contribution in [2.24, 2.45) is 0 Å². The summed E-state index contributed by atoms with van der Waals surface area (Å²) in [5.41, 5.74) is 0.801. The average molecular weight is 296 g/mol. The molecular formula is C14H20N2O3S. The Morgan fingerprint density at radius 3 is 2.50 bits per heavy atom. The highest BCUT2D eigenvalue weighted by atomic mass is 32.2. The number of benzene rings is 1. The van der Waals surface area contributed by atoms with E-state index in [1.807, 2.05) is 44.2 Å². The van der Waals surface area contributed by atoms with Crippen molar-refractivity contribution in [2.45, 2.75) is 26.3 Å². The summed E-state index contributed by atoms with van der Waals surface area (Å²) in [5, 5.41) is 3.79. The van der Waals surface area contributed by atoms with E-state index in [1.165, 1.54) is 6.08 Å². The van der Waals surface area contributed by atoms with E-state index in [9.17, 15) is 13.2 Å². The van der Waals surface area contributed by atoms with Crippen LogP contribution in [0, 0.1) is 0 Å². The predicted molar refractivity (Wildman–Crippen MR) is 80.3 cm³/mol. The van der Waals surface area contributed by atoms with Crippen LogP contribution in [0.1, 0.15) is 25.8 Å². The van der Waals surface area contributed by atoms with Crippen molar-refractivity contribution < 1.29 is 13.2 Å². The molecule has 0 fully saturated rings. The minimum atomic E-state index is -3.51. The quantitative estimate of drug-likeness (QED) is 0.800. The second-order valence-electron chi connectivity index (χ2n) is 4.62. The van der Waals surface area contributed by atoms with Gasteiger partial charge in [0.2, 0.25) is 15.9 Å². The third kappa shape index (κ3) is 7.06. The van der Waals surface area contributed by atoms with Gasteiger partial charge in [-0.05, 0) is 25.5 Å². The zero-order chi connectivity index (χ0) is 15.0. The van der Waals surface area contributed by atoms with Crippen LogP contribution in [-0.2, 0) is 14.8 Å². The number of sulfonamides is 1. The van der Waals surface area contributed by atoms with E-state index in [-0.39, 0.29) is 24.9 Å². The van der Waals surface area contributed by atoms with Gasteiger partial charge < -0.3 is 5.32 Å². The molecule has 0 spiro atoms. The molecule has 0 aliphatic carbocycles. The van der Waals surface area contributed by atoms with Gasteiger partial charge in [-0.15, -0.1) is 0 Å². The highest BCUT2D eigenvalue weighted by molar-refractivity contribution is 7.92. The van der Waals surface area contributed by atoms with Crippen LogP contribution >= 0.6 is 0 Å². The Kier molecular flexibility index (Phi) is 6.41. The SMILES string of the molecule is CC(C)NC(=O)CCNS(=O)(=O)/C=C/c1ccccc1. The van der Waals surface area contributed by atoms with Crippen molar-refractivity contribution in [1.82, 2.24) is 10.0 Å². The normalized spacial score (nSPS) is 11.9. The Morgan fingerprint density at radius 2 is 1.90 bits per heavy atom. The molecule has 1 amide bonds. The Labute approximate surface area is 120 Å². The summed E-state index contributed by atoms with van der Waals surface area (Å²) in [4.78, 5) is 11.4. The first-order valence-electron chi connectivity index (χ1n) is 6.41.